The number of rotatable bonds is 5. The molecule has 2 fully saturated rings. The van der Waals surface area contributed by atoms with E-state index in [1.165, 1.54) is 0 Å². The maximum atomic E-state index is 12.3. The third-order valence-electron chi connectivity index (χ3n) is 4.80. The predicted molar refractivity (Wildman–Crippen MR) is 86.8 cm³/mol. The van der Waals surface area contributed by atoms with E-state index in [0.717, 1.165) is 32.6 Å². The predicted octanol–water partition coefficient (Wildman–Crippen LogP) is 0.850. The highest BCUT2D eigenvalue weighted by Gasteiger charge is 2.35. The monoisotopic (exact) mass is 315 g/mol. The smallest absolute Gasteiger partial charge is 0.214 e. The quantitative estimate of drug-likeness (QED) is 0.706. The Morgan fingerprint density at radius 2 is 1.86 bits per heavy atom. The summed E-state index contributed by atoms with van der Waals surface area (Å²) in [4.78, 5) is 4.91. The average molecular weight is 315 g/mol. The number of likely N-dealkylation sites (N-methyl/N-ethyl adjacent to an activating group) is 1. The fraction of sp³-hybridized carbons (Fsp3) is 0.867. The number of hydrogen-bond acceptors (Lipinski definition) is 4. The lowest BCUT2D eigenvalue weighted by Crippen LogP contribution is -2.56. The Labute approximate surface area is 129 Å². The first-order valence-corrected chi connectivity index (χ1v) is 9.56. The van der Waals surface area contributed by atoms with Crippen molar-refractivity contribution in [3.05, 3.63) is 12.7 Å². The maximum Gasteiger partial charge on any atom is 0.214 e. The summed E-state index contributed by atoms with van der Waals surface area (Å²) >= 11 is 0. The lowest BCUT2D eigenvalue weighted by atomic mass is 9.93. The van der Waals surface area contributed by atoms with Gasteiger partial charge >= 0.3 is 0 Å². The summed E-state index contributed by atoms with van der Waals surface area (Å²) in [6, 6.07) is 0.532. The highest BCUT2D eigenvalue weighted by atomic mass is 32.2. The van der Waals surface area contributed by atoms with Crippen LogP contribution in [0.15, 0.2) is 12.7 Å². The topological polar surface area (TPSA) is 43.9 Å². The number of allylic oxidation sites excluding steroid dienone is 1. The molecule has 2 aliphatic heterocycles. The summed E-state index contributed by atoms with van der Waals surface area (Å²) in [5, 5.41) is 0. The molecule has 122 valence electrons. The van der Waals surface area contributed by atoms with Crippen LogP contribution >= 0.6 is 0 Å². The van der Waals surface area contributed by atoms with Gasteiger partial charge in [0.1, 0.15) is 0 Å². The Morgan fingerprint density at radius 3 is 2.43 bits per heavy atom. The van der Waals surface area contributed by atoms with Gasteiger partial charge in [0.05, 0.1) is 5.75 Å². The van der Waals surface area contributed by atoms with E-state index < -0.39 is 10.0 Å². The van der Waals surface area contributed by atoms with Gasteiger partial charge in [0.15, 0.2) is 0 Å². The molecule has 2 unspecified atom stereocenters. The number of sulfonamides is 1. The minimum Gasteiger partial charge on any atom is -0.304 e. The first-order valence-electron chi connectivity index (χ1n) is 7.95. The average Bonchev–Trinajstić information content (AvgIpc) is 2.46. The van der Waals surface area contributed by atoms with Crippen molar-refractivity contribution in [1.29, 1.82) is 0 Å². The molecule has 0 bridgehead atoms. The zero-order valence-electron chi connectivity index (χ0n) is 13.4. The highest BCUT2D eigenvalue weighted by Crippen LogP contribution is 2.25. The van der Waals surface area contributed by atoms with Crippen molar-refractivity contribution < 1.29 is 8.42 Å². The summed E-state index contributed by atoms with van der Waals surface area (Å²) in [5.41, 5.74) is 0. The van der Waals surface area contributed by atoms with E-state index in [4.69, 9.17) is 0 Å². The fourth-order valence-electron chi connectivity index (χ4n) is 3.40. The summed E-state index contributed by atoms with van der Waals surface area (Å²) in [6.07, 6.45) is 3.17. The SMILES string of the molecule is C=CCCS(=O)(=O)N1CCC(N2CCN(C)CC2)C(C)C1. The van der Waals surface area contributed by atoms with Gasteiger partial charge in [-0.2, -0.15) is 0 Å². The second-order valence-electron chi connectivity index (χ2n) is 6.42. The first kappa shape index (κ1) is 16.9. The zero-order valence-corrected chi connectivity index (χ0v) is 14.2. The van der Waals surface area contributed by atoms with Crippen molar-refractivity contribution >= 4 is 10.0 Å². The van der Waals surface area contributed by atoms with Crippen molar-refractivity contribution in [2.45, 2.75) is 25.8 Å². The normalized spacial score (nSPS) is 30.4. The van der Waals surface area contributed by atoms with Gasteiger partial charge in [0.25, 0.3) is 0 Å². The van der Waals surface area contributed by atoms with E-state index in [1.807, 2.05) is 0 Å². The molecule has 0 amide bonds. The molecule has 0 N–H and O–H groups in total. The van der Waals surface area contributed by atoms with Crippen LogP contribution in [0, 0.1) is 5.92 Å². The van der Waals surface area contributed by atoms with Crippen LogP contribution < -0.4 is 0 Å². The summed E-state index contributed by atoms with van der Waals surface area (Å²) in [6.45, 7) is 11.6. The van der Waals surface area contributed by atoms with Gasteiger partial charge in [-0.25, -0.2) is 12.7 Å². The van der Waals surface area contributed by atoms with Gasteiger partial charge in [-0.1, -0.05) is 13.0 Å². The molecular formula is C15H29N3O2S. The van der Waals surface area contributed by atoms with Gasteiger partial charge in [0.2, 0.25) is 10.0 Å². The number of piperazine rings is 1. The third kappa shape index (κ3) is 4.28. The van der Waals surface area contributed by atoms with Gasteiger partial charge in [-0.15, -0.1) is 6.58 Å². The largest absolute Gasteiger partial charge is 0.304 e. The van der Waals surface area contributed by atoms with E-state index in [2.05, 4.69) is 30.4 Å². The molecule has 0 aromatic heterocycles. The second-order valence-corrected chi connectivity index (χ2v) is 8.51. The summed E-state index contributed by atoms with van der Waals surface area (Å²) in [7, 11) is -0.944. The molecule has 0 aromatic carbocycles. The Morgan fingerprint density at radius 1 is 1.19 bits per heavy atom. The Bertz CT molecular complexity index is 444. The molecule has 0 spiro atoms. The summed E-state index contributed by atoms with van der Waals surface area (Å²) < 4.78 is 26.2. The van der Waals surface area contributed by atoms with E-state index in [0.29, 0.717) is 31.5 Å². The molecule has 0 aliphatic carbocycles. The van der Waals surface area contributed by atoms with Gasteiger partial charge < -0.3 is 4.90 Å². The van der Waals surface area contributed by atoms with Crippen LogP contribution in [-0.2, 0) is 10.0 Å². The molecule has 5 nitrogen and oxygen atoms in total. The van der Waals surface area contributed by atoms with Crippen LogP contribution in [0.5, 0.6) is 0 Å². The van der Waals surface area contributed by atoms with Crippen molar-refractivity contribution in [3.63, 3.8) is 0 Å². The van der Waals surface area contributed by atoms with E-state index in [1.54, 1.807) is 10.4 Å². The molecule has 21 heavy (non-hydrogen) atoms. The first-order chi connectivity index (χ1) is 9.94. The molecule has 2 saturated heterocycles. The molecular weight excluding hydrogens is 286 g/mol. The van der Waals surface area contributed by atoms with Crippen LogP contribution in [0.25, 0.3) is 0 Å². The fourth-order valence-corrected chi connectivity index (χ4v) is 4.97. The van der Waals surface area contributed by atoms with Crippen LogP contribution in [0.3, 0.4) is 0 Å². The molecule has 2 atom stereocenters. The van der Waals surface area contributed by atoms with Crippen molar-refractivity contribution in [2.24, 2.45) is 5.92 Å². The minimum absolute atomic E-state index is 0.197. The Balaban J connectivity index is 1.91. The van der Waals surface area contributed by atoms with Crippen molar-refractivity contribution in [2.75, 3.05) is 52.1 Å². The highest BCUT2D eigenvalue weighted by molar-refractivity contribution is 7.89. The number of piperidine rings is 1. The standard InChI is InChI=1S/C15H29N3O2S/c1-4-5-12-21(19,20)18-7-6-15(14(2)13-18)17-10-8-16(3)9-11-17/h4,14-15H,1,5-13H2,2-3H3. The minimum atomic E-state index is -3.11. The maximum absolute atomic E-state index is 12.3. The van der Waals surface area contributed by atoms with Gasteiger partial charge in [-0.3, -0.25) is 4.90 Å². The van der Waals surface area contributed by atoms with E-state index in [-0.39, 0.29) is 5.75 Å². The molecule has 0 radical (unpaired) electrons. The molecule has 2 heterocycles. The number of hydrogen-bond donors (Lipinski definition) is 0. The Hall–Kier alpha value is -0.430. The summed E-state index contributed by atoms with van der Waals surface area (Å²) in [5.74, 6) is 0.600. The van der Waals surface area contributed by atoms with Crippen molar-refractivity contribution in [1.82, 2.24) is 14.1 Å². The zero-order chi connectivity index (χ0) is 15.5. The molecule has 6 heteroatoms. The molecule has 2 aliphatic rings. The van der Waals surface area contributed by atoms with Gasteiger partial charge in [0, 0.05) is 45.3 Å². The van der Waals surface area contributed by atoms with Crippen LogP contribution in [0.4, 0.5) is 0 Å². The second kappa shape index (κ2) is 7.22. The van der Waals surface area contributed by atoms with E-state index >= 15 is 0 Å². The lowest BCUT2D eigenvalue weighted by molar-refractivity contribution is 0.0538. The molecule has 0 saturated carbocycles. The molecule has 0 aromatic rings. The van der Waals surface area contributed by atoms with Crippen LogP contribution in [0.1, 0.15) is 19.8 Å². The van der Waals surface area contributed by atoms with Crippen LogP contribution in [-0.4, -0.2) is 80.6 Å². The Kier molecular flexibility index (Phi) is 5.82. The van der Waals surface area contributed by atoms with E-state index in [9.17, 15) is 8.42 Å². The lowest BCUT2D eigenvalue weighted by Gasteiger charge is -2.45. The van der Waals surface area contributed by atoms with Gasteiger partial charge in [-0.05, 0) is 25.8 Å². The van der Waals surface area contributed by atoms with Crippen molar-refractivity contribution in [3.8, 4) is 0 Å². The number of nitrogens with zero attached hydrogens (tertiary/aromatic N) is 3. The van der Waals surface area contributed by atoms with Crippen LogP contribution in [0.2, 0.25) is 0 Å². The molecule has 2 rings (SSSR count). The third-order valence-corrected chi connectivity index (χ3v) is 6.67.